The summed E-state index contributed by atoms with van der Waals surface area (Å²) in [5, 5.41) is 13.0. The Morgan fingerprint density at radius 1 is 0.359 bits per heavy atom. The summed E-state index contributed by atoms with van der Waals surface area (Å²) < 4.78 is 0. The molecule has 0 saturated carbocycles. The highest BCUT2D eigenvalue weighted by Gasteiger charge is 2.22. The van der Waals surface area contributed by atoms with Gasteiger partial charge in [-0.3, -0.25) is 0 Å². The summed E-state index contributed by atoms with van der Waals surface area (Å²) >= 11 is 0. The highest BCUT2D eigenvalue weighted by atomic mass is 14.2. The fourth-order valence-electron chi connectivity index (χ4n) is 6.62. The van der Waals surface area contributed by atoms with Crippen molar-refractivity contribution < 1.29 is 0 Å². The van der Waals surface area contributed by atoms with E-state index in [-0.39, 0.29) is 0 Å². The summed E-state index contributed by atoms with van der Waals surface area (Å²) in [6, 6.07) is 51.3. The molecule has 8 aromatic carbocycles. The Kier molecular flexibility index (Phi) is 4.84. The minimum atomic E-state index is 1.25. The number of hydrogen-bond donors (Lipinski definition) is 0. The maximum Gasteiger partial charge on any atom is -0.000753 e. The molecule has 0 aliphatic rings. The molecule has 0 spiro atoms. The van der Waals surface area contributed by atoms with Gasteiger partial charge in [-0.1, -0.05) is 127 Å². The monoisotopic (exact) mass is 494 g/mol. The molecular formula is C39H26. The van der Waals surface area contributed by atoms with Crippen LogP contribution in [0.1, 0.15) is 5.56 Å². The van der Waals surface area contributed by atoms with Crippen LogP contribution in [-0.4, -0.2) is 0 Å². The van der Waals surface area contributed by atoms with E-state index >= 15 is 0 Å². The smallest absolute Gasteiger partial charge is 0.000753 e. The lowest BCUT2D eigenvalue weighted by atomic mass is 9.80. The summed E-state index contributed by atoms with van der Waals surface area (Å²) in [6.45, 7) is 2.24. The van der Waals surface area contributed by atoms with Gasteiger partial charge in [0, 0.05) is 0 Å². The van der Waals surface area contributed by atoms with E-state index in [0.717, 1.165) is 0 Å². The second-order valence-corrected chi connectivity index (χ2v) is 10.5. The Hall–Kier alpha value is -4.94. The molecule has 0 heterocycles. The zero-order valence-electron chi connectivity index (χ0n) is 21.8. The Morgan fingerprint density at radius 3 is 1.44 bits per heavy atom. The largest absolute Gasteiger partial charge is 0.0622 e. The first-order valence-corrected chi connectivity index (χ1v) is 13.6. The fourth-order valence-corrected chi connectivity index (χ4v) is 6.62. The molecule has 8 rings (SSSR count). The quantitative estimate of drug-likeness (QED) is 0.166. The van der Waals surface area contributed by atoms with Gasteiger partial charge >= 0.3 is 0 Å². The van der Waals surface area contributed by atoms with Gasteiger partial charge in [0.1, 0.15) is 0 Å². The van der Waals surface area contributed by atoms with Crippen LogP contribution < -0.4 is 0 Å². The first-order chi connectivity index (χ1) is 19.3. The summed E-state index contributed by atoms with van der Waals surface area (Å²) in [4.78, 5) is 0. The second-order valence-electron chi connectivity index (χ2n) is 10.5. The molecule has 0 bridgehead atoms. The lowest BCUT2D eigenvalue weighted by Gasteiger charge is -2.22. The van der Waals surface area contributed by atoms with Crippen molar-refractivity contribution in [3.05, 3.63) is 145 Å². The van der Waals surface area contributed by atoms with Crippen LogP contribution in [0.3, 0.4) is 0 Å². The van der Waals surface area contributed by atoms with E-state index in [9.17, 15) is 0 Å². The number of hydrogen-bond acceptors (Lipinski definition) is 0. The number of benzene rings is 8. The maximum atomic E-state index is 2.42. The fraction of sp³-hybridized carbons (Fsp3) is 0.0256. The van der Waals surface area contributed by atoms with Crippen molar-refractivity contribution in [1.82, 2.24) is 0 Å². The van der Waals surface area contributed by atoms with Crippen molar-refractivity contribution in [2.45, 2.75) is 6.92 Å². The molecule has 39 heavy (non-hydrogen) atoms. The van der Waals surface area contributed by atoms with Gasteiger partial charge < -0.3 is 0 Å². The Bertz CT molecular complexity index is 2220. The molecule has 182 valence electrons. The molecule has 0 radical (unpaired) electrons. The molecule has 0 atom stereocenters. The first-order valence-electron chi connectivity index (χ1n) is 13.6. The van der Waals surface area contributed by atoms with Crippen LogP contribution in [0.25, 0.3) is 76.1 Å². The Morgan fingerprint density at radius 2 is 0.821 bits per heavy atom. The third-order valence-electron chi connectivity index (χ3n) is 8.33. The second kappa shape index (κ2) is 8.55. The van der Waals surface area contributed by atoms with Gasteiger partial charge in [0.2, 0.25) is 0 Å². The van der Waals surface area contributed by atoms with E-state index in [1.165, 1.54) is 81.7 Å². The van der Waals surface area contributed by atoms with Crippen molar-refractivity contribution in [2.75, 3.05) is 0 Å². The number of aryl methyl sites for hydroxylation is 1. The molecule has 0 aliphatic carbocycles. The normalized spacial score (nSPS) is 11.7. The zero-order valence-corrected chi connectivity index (χ0v) is 21.8. The molecule has 0 fully saturated rings. The van der Waals surface area contributed by atoms with Gasteiger partial charge in [-0.2, -0.15) is 0 Å². The van der Waals surface area contributed by atoms with Crippen LogP contribution in [0.2, 0.25) is 0 Å². The molecular weight excluding hydrogens is 468 g/mol. The van der Waals surface area contributed by atoms with E-state index in [1.807, 2.05) is 0 Å². The van der Waals surface area contributed by atoms with E-state index in [0.29, 0.717) is 0 Å². The highest BCUT2D eigenvalue weighted by Crippen LogP contribution is 2.50. The van der Waals surface area contributed by atoms with Crippen LogP contribution in [-0.2, 0) is 0 Å². The summed E-state index contributed by atoms with van der Waals surface area (Å²) in [5.41, 5.74) is 6.47. The number of fused-ring (bicyclic) bond motifs is 8. The van der Waals surface area contributed by atoms with Gasteiger partial charge in [-0.05, 0) is 101 Å². The number of rotatable bonds is 2. The average Bonchev–Trinajstić information content (AvgIpc) is 3.00. The van der Waals surface area contributed by atoms with Crippen LogP contribution in [0.5, 0.6) is 0 Å². The van der Waals surface area contributed by atoms with Crippen molar-refractivity contribution >= 4 is 53.9 Å². The summed E-state index contributed by atoms with van der Waals surface area (Å²) in [5.74, 6) is 0. The van der Waals surface area contributed by atoms with Crippen LogP contribution in [0.4, 0.5) is 0 Å². The van der Waals surface area contributed by atoms with E-state index in [1.54, 1.807) is 0 Å². The highest BCUT2D eigenvalue weighted by molar-refractivity contribution is 6.37. The van der Waals surface area contributed by atoms with E-state index < -0.39 is 0 Å². The van der Waals surface area contributed by atoms with Crippen molar-refractivity contribution in [1.29, 1.82) is 0 Å². The minimum Gasteiger partial charge on any atom is -0.0622 e. The molecule has 0 saturated heterocycles. The SMILES string of the molecule is Cc1ccccc1-c1c2cc3ccccc3cc2c(-c2ccccc2)c2c3ccccc3c3ccccc3c12. The lowest BCUT2D eigenvalue weighted by molar-refractivity contribution is 1.48. The molecule has 8 aromatic rings. The van der Waals surface area contributed by atoms with Gasteiger partial charge in [-0.15, -0.1) is 0 Å². The topological polar surface area (TPSA) is 0 Å². The molecule has 0 nitrogen and oxygen atoms in total. The van der Waals surface area contributed by atoms with Gasteiger partial charge in [0.25, 0.3) is 0 Å². The standard InChI is InChI=1S/C39H26/c1-25-13-5-8-18-29(25)37-35-24-28-17-7-6-16-27(28)23-34(35)36(26-14-3-2-4-15-26)38-32-21-11-9-19-30(32)31-20-10-12-22-33(31)39(37)38/h2-24H,1H3. The third-order valence-corrected chi connectivity index (χ3v) is 8.33. The Labute approximate surface area is 227 Å². The van der Waals surface area contributed by atoms with E-state index in [4.69, 9.17) is 0 Å². The van der Waals surface area contributed by atoms with Gasteiger partial charge in [-0.25, -0.2) is 0 Å². The summed E-state index contributed by atoms with van der Waals surface area (Å²) in [6.07, 6.45) is 0. The predicted molar refractivity (Wildman–Crippen MR) is 170 cm³/mol. The van der Waals surface area contributed by atoms with Gasteiger partial charge in [0.05, 0.1) is 0 Å². The molecule has 0 heteroatoms. The van der Waals surface area contributed by atoms with Crippen LogP contribution >= 0.6 is 0 Å². The minimum absolute atomic E-state index is 1.25. The van der Waals surface area contributed by atoms with Crippen LogP contribution in [0.15, 0.2) is 140 Å². The van der Waals surface area contributed by atoms with E-state index in [2.05, 4.69) is 146 Å². The molecule has 0 aromatic heterocycles. The van der Waals surface area contributed by atoms with Crippen molar-refractivity contribution in [2.24, 2.45) is 0 Å². The van der Waals surface area contributed by atoms with Crippen LogP contribution in [0, 0.1) is 6.92 Å². The summed E-state index contributed by atoms with van der Waals surface area (Å²) in [7, 11) is 0. The zero-order chi connectivity index (χ0) is 25.9. The molecule has 0 aliphatic heterocycles. The lowest BCUT2D eigenvalue weighted by Crippen LogP contribution is -1.95. The van der Waals surface area contributed by atoms with Crippen molar-refractivity contribution in [3.63, 3.8) is 0 Å². The first kappa shape index (κ1) is 22.1. The van der Waals surface area contributed by atoms with Crippen molar-refractivity contribution in [3.8, 4) is 22.3 Å². The third kappa shape index (κ3) is 3.25. The Balaban J connectivity index is 1.79. The average molecular weight is 495 g/mol. The maximum absolute atomic E-state index is 2.42. The van der Waals surface area contributed by atoms with Gasteiger partial charge in [0.15, 0.2) is 0 Å². The molecule has 0 N–H and O–H groups in total. The molecule has 0 amide bonds. The molecule has 0 unspecified atom stereocenters. The predicted octanol–water partition coefficient (Wildman–Crippen LogP) is 11.1.